The van der Waals surface area contributed by atoms with Gasteiger partial charge in [0.2, 0.25) is 23.6 Å². The third kappa shape index (κ3) is 6.30. The lowest BCUT2D eigenvalue weighted by Gasteiger charge is -2.42. The summed E-state index contributed by atoms with van der Waals surface area (Å²) >= 11 is 0. The van der Waals surface area contributed by atoms with Crippen molar-refractivity contribution in [2.75, 3.05) is 6.54 Å². The Morgan fingerprint density at radius 3 is 2.25 bits per heavy atom. The van der Waals surface area contributed by atoms with Crippen molar-refractivity contribution in [1.29, 1.82) is 5.41 Å². The summed E-state index contributed by atoms with van der Waals surface area (Å²) in [5, 5.41) is 21.0. The minimum Gasteiger partial charge on any atom is -0.348 e. The van der Waals surface area contributed by atoms with E-state index in [9.17, 15) is 24.0 Å². The molecule has 5 amide bonds. The Morgan fingerprint density at radius 2 is 1.67 bits per heavy atom. The molecule has 2 spiro atoms. The Kier molecular flexibility index (Phi) is 10.2. The molecule has 0 aromatic heterocycles. The highest BCUT2D eigenvalue weighted by molar-refractivity contribution is 6.40. The molecule has 6 fully saturated rings. The van der Waals surface area contributed by atoms with Gasteiger partial charge in [-0.1, -0.05) is 74.1 Å². The van der Waals surface area contributed by atoms with Crippen LogP contribution in [0.25, 0.3) is 0 Å². The Balaban J connectivity index is 1.37. The summed E-state index contributed by atoms with van der Waals surface area (Å²) in [7, 11) is 0. The zero-order valence-electron chi connectivity index (χ0n) is 32.2. The van der Waals surface area contributed by atoms with Crippen molar-refractivity contribution in [2.45, 2.75) is 169 Å². The molecule has 6 rings (SSSR count). The minimum atomic E-state index is -0.918. The van der Waals surface area contributed by atoms with Crippen LogP contribution >= 0.6 is 0 Å². The topological polar surface area (TPSA) is 161 Å². The first-order valence-electron chi connectivity index (χ1n) is 20.2. The summed E-state index contributed by atoms with van der Waals surface area (Å²) in [5.41, 5.74) is -1.14. The maximum absolute atomic E-state index is 15.0. The SMILES string of the molecule is CCCC(C)C(=O)NC1C(=O)N[C@@H](C(C)(C)C)C(=O)N2C[C@@]3(C[C@H]2C(=O)NC(CCC)C(=N)C(=O)NC2CC2)C2(CCC2)C3(C)C2CCCC1C2. The van der Waals surface area contributed by atoms with E-state index in [4.69, 9.17) is 5.41 Å². The maximum atomic E-state index is 15.0. The molecular formula is C40H64N6O5. The van der Waals surface area contributed by atoms with Crippen molar-refractivity contribution >= 4 is 35.2 Å². The molecule has 5 N–H and O–H groups in total. The van der Waals surface area contributed by atoms with Crippen molar-refractivity contribution in [1.82, 2.24) is 26.2 Å². The van der Waals surface area contributed by atoms with Crippen LogP contribution in [0.15, 0.2) is 0 Å². The highest BCUT2D eigenvalue weighted by Crippen LogP contribution is 2.91. The first-order valence-corrected chi connectivity index (χ1v) is 20.2. The number of amides is 5. The van der Waals surface area contributed by atoms with Gasteiger partial charge in [0.05, 0.1) is 6.04 Å². The monoisotopic (exact) mass is 708 g/mol. The van der Waals surface area contributed by atoms with Crippen LogP contribution in [0.1, 0.15) is 138 Å². The van der Waals surface area contributed by atoms with Gasteiger partial charge in [-0.05, 0) is 92.3 Å². The van der Waals surface area contributed by atoms with Crippen molar-refractivity contribution < 1.29 is 24.0 Å². The fourth-order valence-electron chi connectivity index (χ4n) is 11.3. The number of carbonyl (C=O) groups excluding carboxylic acids is 5. The summed E-state index contributed by atoms with van der Waals surface area (Å²) in [5.74, 6) is -1.43. The minimum absolute atomic E-state index is 0.0247. The van der Waals surface area contributed by atoms with E-state index in [2.05, 4.69) is 35.1 Å². The first-order chi connectivity index (χ1) is 24.0. The molecule has 6 aliphatic rings. The largest absolute Gasteiger partial charge is 0.348 e. The van der Waals surface area contributed by atoms with Gasteiger partial charge < -0.3 is 26.2 Å². The molecule has 0 radical (unpaired) electrons. The van der Waals surface area contributed by atoms with Crippen molar-refractivity contribution in [3.8, 4) is 0 Å². The summed E-state index contributed by atoms with van der Waals surface area (Å²) in [6.45, 7) is 14.6. The van der Waals surface area contributed by atoms with Gasteiger partial charge in [0, 0.05) is 23.9 Å². The van der Waals surface area contributed by atoms with E-state index in [1.54, 1.807) is 4.90 Å². The Labute approximate surface area is 304 Å². The molecule has 11 nitrogen and oxygen atoms in total. The van der Waals surface area contributed by atoms with Gasteiger partial charge in [-0.3, -0.25) is 29.4 Å². The van der Waals surface area contributed by atoms with E-state index in [1.807, 2.05) is 34.6 Å². The highest BCUT2D eigenvalue weighted by atomic mass is 16.2. The van der Waals surface area contributed by atoms with Crippen LogP contribution in [-0.4, -0.2) is 76.9 Å². The molecule has 0 aromatic rings. The second-order valence-electron chi connectivity index (χ2n) is 18.5. The Bertz CT molecular complexity index is 1430. The standard InChI is InChI=1S/C40H64N6O5/c1-8-12-23(3)32(47)44-30-24-14-10-15-25(20-24)38(7)39(18-11-19-39)40(38)21-28(46(22-40)36(51)31(37(4,5)6)45-35(30)50)33(48)43-27(13-9-2)29(41)34(49)42-26-16-17-26/h23-28,30-31,41H,8-22H2,1-7H3,(H,42,49)(H,43,48)(H,44,47)(H,45,50)/t23?,24?,25?,27?,28-,30?,31+,38?,40+/m0/s1. The summed E-state index contributed by atoms with van der Waals surface area (Å²) < 4.78 is 0. The number of nitrogens with one attached hydrogen (secondary N) is 5. The predicted molar refractivity (Wildman–Crippen MR) is 196 cm³/mol. The van der Waals surface area contributed by atoms with Crippen LogP contribution in [-0.2, 0) is 24.0 Å². The van der Waals surface area contributed by atoms with Crippen molar-refractivity contribution in [2.24, 2.45) is 39.4 Å². The van der Waals surface area contributed by atoms with E-state index in [0.29, 0.717) is 31.7 Å². The average molecular weight is 709 g/mol. The predicted octanol–water partition coefficient (Wildman–Crippen LogP) is 4.62. The number of hydrogen-bond donors (Lipinski definition) is 5. The molecular weight excluding hydrogens is 644 g/mol. The van der Waals surface area contributed by atoms with Crippen molar-refractivity contribution in [3.63, 3.8) is 0 Å². The quantitative estimate of drug-likeness (QED) is 0.198. The van der Waals surface area contributed by atoms with Gasteiger partial charge in [0.15, 0.2) is 0 Å². The summed E-state index contributed by atoms with van der Waals surface area (Å²) in [4.78, 5) is 72.2. The van der Waals surface area contributed by atoms with Gasteiger partial charge in [0.1, 0.15) is 23.8 Å². The molecule has 2 aliphatic heterocycles. The molecule has 11 heteroatoms. The molecule has 51 heavy (non-hydrogen) atoms. The molecule has 284 valence electrons. The van der Waals surface area contributed by atoms with Gasteiger partial charge in [-0.15, -0.1) is 0 Å². The lowest BCUT2D eigenvalue weighted by atomic mass is 9.65. The van der Waals surface area contributed by atoms with Crippen molar-refractivity contribution in [3.05, 3.63) is 0 Å². The van der Waals surface area contributed by atoms with Gasteiger partial charge in [-0.2, -0.15) is 0 Å². The lowest BCUT2D eigenvalue weighted by molar-refractivity contribution is -0.145. The van der Waals surface area contributed by atoms with Crippen LogP contribution in [0, 0.1) is 44.8 Å². The molecule has 2 saturated heterocycles. The molecule has 2 heterocycles. The number of rotatable bonds is 11. The fourth-order valence-corrected chi connectivity index (χ4v) is 11.3. The fraction of sp³-hybridized carbons (Fsp3) is 0.850. The summed E-state index contributed by atoms with van der Waals surface area (Å²) in [6, 6.07) is -3.08. The molecule has 0 aromatic carbocycles. The average Bonchev–Trinajstić information content (AvgIpc) is 3.90. The van der Waals surface area contributed by atoms with E-state index in [0.717, 1.165) is 70.6 Å². The molecule has 9 atom stereocenters. The smallest absolute Gasteiger partial charge is 0.267 e. The number of hydrogen-bond acceptors (Lipinski definition) is 6. The van der Waals surface area contributed by atoms with Gasteiger partial charge in [0.25, 0.3) is 5.91 Å². The molecule has 4 aliphatic carbocycles. The van der Waals surface area contributed by atoms with Gasteiger partial charge >= 0.3 is 0 Å². The summed E-state index contributed by atoms with van der Waals surface area (Å²) in [6.07, 6.45) is 12.0. The van der Waals surface area contributed by atoms with Crippen LogP contribution in [0.4, 0.5) is 0 Å². The Hall–Kier alpha value is -2.98. The third-order valence-electron chi connectivity index (χ3n) is 14.5. The van der Waals surface area contributed by atoms with Crippen LogP contribution < -0.4 is 21.3 Å². The molecule has 6 unspecified atom stereocenters. The first kappa shape index (κ1) is 37.8. The lowest BCUT2D eigenvalue weighted by Crippen LogP contribution is -2.62. The number of carbonyl (C=O) groups is 5. The Morgan fingerprint density at radius 1 is 0.980 bits per heavy atom. The third-order valence-corrected chi connectivity index (χ3v) is 14.5. The zero-order chi connectivity index (χ0) is 37.1. The number of fused-ring (bicyclic) bond motifs is 5. The van der Waals surface area contributed by atoms with E-state index >= 15 is 0 Å². The highest BCUT2D eigenvalue weighted by Gasteiger charge is 2.88. The molecule has 4 saturated carbocycles. The zero-order valence-corrected chi connectivity index (χ0v) is 32.2. The van der Waals surface area contributed by atoms with Crippen LogP contribution in [0.2, 0.25) is 0 Å². The van der Waals surface area contributed by atoms with E-state index in [1.165, 1.54) is 0 Å². The molecule has 4 bridgehead atoms. The van der Waals surface area contributed by atoms with Crippen LogP contribution in [0.3, 0.4) is 0 Å². The second-order valence-corrected chi connectivity index (χ2v) is 18.5. The van der Waals surface area contributed by atoms with E-state index < -0.39 is 35.5 Å². The normalized spacial score (nSPS) is 35.2. The maximum Gasteiger partial charge on any atom is 0.267 e. The second kappa shape index (κ2) is 13.8. The van der Waals surface area contributed by atoms with E-state index in [-0.39, 0.29) is 63.5 Å². The number of nitrogens with zero attached hydrogens (tertiary/aromatic N) is 1. The van der Waals surface area contributed by atoms with Gasteiger partial charge in [-0.25, -0.2) is 0 Å². The van der Waals surface area contributed by atoms with Crippen LogP contribution in [0.5, 0.6) is 0 Å².